The first kappa shape index (κ1) is 28.0. The van der Waals surface area contributed by atoms with Gasteiger partial charge in [-0.3, -0.25) is 14.5 Å². The van der Waals surface area contributed by atoms with Crippen LogP contribution in [-0.2, 0) is 19.2 Å². The first-order valence-corrected chi connectivity index (χ1v) is 14.1. The molecule has 1 saturated heterocycles. The Bertz CT molecular complexity index is 1430. The monoisotopic (exact) mass is 586 g/mol. The molecule has 0 saturated carbocycles. The Labute approximate surface area is 235 Å². The van der Waals surface area contributed by atoms with Gasteiger partial charge in [-0.15, -0.1) is 41.3 Å². The molecule has 202 valence electrons. The van der Waals surface area contributed by atoms with Crippen LogP contribution in [0.2, 0.25) is 0 Å². The van der Waals surface area contributed by atoms with Gasteiger partial charge in [-0.05, 0) is 18.6 Å². The number of terminal acetylenes is 1. The smallest absolute Gasteiger partial charge is 0.352 e. The standard InChI is InChI=1S/C23H22N8O5S3/c1-3-6-36-30-15(13-10-39-23(25)27-13)18(32)29-16-19(33)31-17(21(34)35)12(9-38-20(16)31)5-4-7-37-14-8-11(2)26-22(24)28-14/h1,4-5,8,10,16,20H,6-7,9H2,2H3,(H2,25,27)(H,29,32)(H,34,35)(H2,24,26,28)/b5-4+,30-15-. The highest BCUT2D eigenvalue weighted by Crippen LogP contribution is 2.40. The molecule has 0 spiro atoms. The van der Waals surface area contributed by atoms with Crippen LogP contribution in [0.3, 0.4) is 0 Å². The zero-order valence-electron chi connectivity index (χ0n) is 20.4. The van der Waals surface area contributed by atoms with Crippen molar-refractivity contribution >= 4 is 69.4 Å². The van der Waals surface area contributed by atoms with Gasteiger partial charge in [0.25, 0.3) is 11.8 Å². The van der Waals surface area contributed by atoms with Crippen LogP contribution in [0.4, 0.5) is 11.1 Å². The molecule has 6 N–H and O–H groups in total. The highest BCUT2D eigenvalue weighted by Gasteiger charge is 2.54. The van der Waals surface area contributed by atoms with Gasteiger partial charge >= 0.3 is 5.97 Å². The van der Waals surface area contributed by atoms with Gasteiger partial charge in [-0.2, -0.15) is 0 Å². The lowest BCUT2D eigenvalue weighted by Crippen LogP contribution is -2.71. The summed E-state index contributed by atoms with van der Waals surface area (Å²) in [5, 5.41) is 18.1. The Morgan fingerprint density at radius 2 is 2.21 bits per heavy atom. The SMILES string of the molecule is C#CCO/N=C(\C(=O)NC1C(=O)N2C(C(=O)O)=C(/C=C/CSc3cc(C)nc(N)n3)CSC12)c1csc(N)n1. The summed E-state index contributed by atoms with van der Waals surface area (Å²) in [6.45, 7) is 1.63. The van der Waals surface area contributed by atoms with E-state index in [0.717, 1.165) is 17.0 Å². The number of nitrogens with two attached hydrogens (primary N) is 2. The number of thiazole rings is 1. The first-order valence-electron chi connectivity index (χ1n) is 11.2. The Kier molecular flexibility index (Phi) is 8.74. The number of nitrogens with one attached hydrogen (secondary N) is 1. The van der Waals surface area contributed by atoms with Gasteiger partial charge in [0.1, 0.15) is 27.8 Å². The number of thioether (sulfide) groups is 2. The number of allylic oxidation sites excluding steroid dienone is 1. The number of fused-ring (bicyclic) bond motifs is 1. The van der Waals surface area contributed by atoms with Crippen LogP contribution >= 0.6 is 34.9 Å². The molecule has 2 aliphatic rings. The van der Waals surface area contributed by atoms with Crippen molar-refractivity contribution in [2.45, 2.75) is 23.4 Å². The van der Waals surface area contributed by atoms with Gasteiger partial charge in [0.15, 0.2) is 17.5 Å². The van der Waals surface area contributed by atoms with Crippen LogP contribution < -0.4 is 16.8 Å². The van der Waals surface area contributed by atoms with Crippen molar-refractivity contribution in [1.29, 1.82) is 0 Å². The first-order chi connectivity index (χ1) is 18.7. The van der Waals surface area contributed by atoms with E-state index in [1.807, 2.05) is 6.92 Å². The molecule has 13 nitrogen and oxygen atoms in total. The molecule has 0 aromatic carbocycles. The van der Waals surface area contributed by atoms with Crippen molar-refractivity contribution in [2.75, 3.05) is 29.6 Å². The molecular formula is C23H22N8O5S3. The Morgan fingerprint density at radius 1 is 1.41 bits per heavy atom. The third-order valence-electron chi connectivity index (χ3n) is 5.26. The molecule has 2 aromatic heterocycles. The fourth-order valence-electron chi connectivity index (χ4n) is 3.68. The number of carbonyl (C=O) groups is 3. The maximum absolute atomic E-state index is 13.0. The molecule has 16 heteroatoms. The highest BCUT2D eigenvalue weighted by atomic mass is 32.2. The van der Waals surface area contributed by atoms with Gasteiger partial charge in [0, 0.05) is 22.6 Å². The highest BCUT2D eigenvalue weighted by molar-refractivity contribution is 8.00. The number of carboxylic acid groups (broad SMARTS) is 1. The number of hydrogen-bond donors (Lipinski definition) is 4. The van der Waals surface area contributed by atoms with E-state index in [-0.39, 0.29) is 34.8 Å². The number of β-lactam (4-membered cyclic amide) rings is 1. The fourth-order valence-corrected chi connectivity index (χ4v) is 6.32. The van der Waals surface area contributed by atoms with Gasteiger partial charge in [0.2, 0.25) is 5.95 Å². The van der Waals surface area contributed by atoms with Gasteiger partial charge in [-0.1, -0.05) is 23.2 Å². The second-order valence-corrected chi connectivity index (χ2v) is 11.0. The summed E-state index contributed by atoms with van der Waals surface area (Å²) in [6.07, 6.45) is 8.63. The van der Waals surface area contributed by atoms with Crippen molar-refractivity contribution in [1.82, 2.24) is 25.2 Å². The molecule has 1 fully saturated rings. The number of aromatic nitrogens is 3. The van der Waals surface area contributed by atoms with E-state index < -0.39 is 29.2 Å². The largest absolute Gasteiger partial charge is 0.477 e. The summed E-state index contributed by atoms with van der Waals surface area (Å²) >= 11 is 3.84. The van der Waals surface area contributed by atoms with Crippen LogP contribution in [0.5, 0.6) is 0 Å². The molecule has 2 unspecified atom stereocenters. The number of oxime groups is 1. The molecule has 2 aromatic rings. The summed E-state index contributed by atoms with van der Waals surface area (Å²) in [5.41, 5.74) is 12.4. The molecule has 0 radical (unpaired) electrons. The van der Waals surface area contributed by atoms with Crippen LogP contribution in [0, 0.1) is 19.3 Å². The molecule has 2 atom stereocenters. The van der Waals surface area contributed by atoms with Crippen LogP contribution in [0.25, 0.3) is 0 Å². The fraction of sp³-hybridized carbons (Fsp3) is 0.261. The molecule has 2 aliphatic heterocycles. The zero-order chi connectivity index (χ0) is 28.1. The van der Waals surface area contributed by atoms with E-state index >= 15 is 0 Å². The Balaban J connectivity index is 1.45. The summed E-state index contributed by atoms with van der Waals surface area (Å²) < 4.78 is 0. The third kappa shape index (κ3) is 6.33. The lowest BCUT2D eigenvalue weighted by Gasteiger charge is -2.49. The number of nitrogen functional groups attached to an aromatic ring is 2. The van der Waals surface area contributed by atoms with Crippen molar-refractivity contribution in [3.05, 3.63) is 46.3 Å². The van der Waals surface area contributed by atoms with Gasteiger partial charge in [-0.25, -0.2) is 19.7 Å². The quantitative estimate of drug-likeness (QED) is 0.0583. The van der Waals surface area contributed by atoms with Crippen LogP contribution in [0.15, 0.2) is 45.1 Å². The zero-order valence-corrected chi connectivity index (χ0v) is 22.8. The van der Waals surface area contributed by atoms with Crippen molar-refractivity contribution in [3.8, 4) is 12.3 Å². The average molecular weight is 587 g/mol. The molecule has 0 bridgehead atoms. The molecule has 39 heavy (non-hydrogen) atoms. The summed E-state index contributed by atoms with van der Waals surface area (Å²) in [4.78, 5) is 56.5. The number of carbonyl (C=O) groups excluding carboxylic acids is 2. The molecule has 0 aliphatic carbocycles. The van der Waals surface area contributed by atoms with E-state index in [0.29, 0.717) is 22.1 Å². The number of hydrogen-bond acceptors (Lipinski definition) is 13. The number of rotatable bonds is 10. The molecule has 4 rings (SSSR count). The lowest BCUT2D eigenvalue weighted by molar-refractivity contribution is -0.150. The topological polar surface area (TPSA) is 199 Å². The maximum Gasteiger partial charge on any atom is 0.352 e. The number of carboxylic acids is 1. The van der Waals surface area contributed by atoms with Gasteiger partial charge < -0.3 is 26.7 Å². The summed E-state index contributed by atoms with van der Waals surface area (Å²) in [6, 6.07) is 0.824. The number of aliphatic carboxylic acids is 1. The second-order valence-electron chi connectivity index (χ2n) is 7.95. The molecule has 2 amide bonds. The average Bonchev–Trinajstić information content (AvgIpc) is 3.32. The third-order valence-corrected chi connectivity index (χ3v) is 8.10. The predicted molar refractivity (Wildman–Crippen MR) is 149 cm³/mol. The van der Waals surface area contributed by atoms with E-state index in [1.54, 1.807) is 18.2 Å². The molecule has 4 heterocycles. The minimum absolute atomic E-state index is 0.129. The number of nitrogens with zero attached hydrogens (tertiary/aromatic N) is 5. The number of anilines is 2. The predicted octanol–water partition coefficient (Wildman–Crippen LogP) is 0.847. The van der Waals surface area contributed by atoms with E-state index in [4.69, 9.17) is 22.7 Å². The summed E-state index contributed by atoms with van der Waals surface area (Å²) in [5.74, 6) is 0.684. The van der Waals surface area contributed by atoms with Crippen molar-refractivity contribution < 1.29 is 24.3 Å². The lowest BCUT2D eigenvalue weighted by atomic mass is 10.0. The van der Waals surface area contributed by atoms with E-state index in [2.05, 4.69) is 31.3 Å². The number of amides is 2. The van der Waals surface area contributed by atoms with Crippen LogP contribution in [0.1, 0.15) is 11.4 Å². The summed E-state index contributed by atoms with van der Waals surface area (Å²) in [7, 11) is 0. The molecular weight excluding hydrogens is 565 g/mol. The second kappa shape index (κ2) is 12.2. The Morgan fingerprint density at radius 3 is 2.87 bits per heavy atom. The maximum atomic E-state index is 13.0. The minimum Gasteiger partial charge on any atom is -0.477 e. The van der Waals surface area contributed by atoms with Crippen molar-refractivity contribution in [2.24, 2.45) is 5.16 Å². The van der Waals surface area contributed by atoms with E-state index in [1.165, 1.54) is 33.8 Å². The Hall–Kier alpha value is -4.07. The van der Waals surface area contributed by atoms with Crippen LogP contribution in [-0.4, -0.2) is 78.0 Å². The van der Waals surface area contributed by atoms with Gasteiger partial charge in [0.05, 0.1) is 0 Å². The van der Waals surface area contributed by atoms with E-state index in [9.17, 15) is 19.5 Å². The van der Waals surface area contributed by atoms with Crippen molar-refractivity contribution in [3.63, 3.8) is 0 Å². The number of aryl methyl sites for hydroxylation is 1. The minimum atomic E-state index is -1.24. The normalized spacial score (nSPS) is 18.9.